The van der Waals surface area contributed by atoms with Gasteiger partial charge >= 0.3 is 0 Å². The molecule has 0 radical (unpaired) electrons. The van der Waals surface area contributed by atoms with Gasteiger partial charge in [-0.3, -0.25) is 14.4 Å². The third-order valence-corrected chi connectivity index (χ3v) is 6.78. The Morgan fingerprint density at radius 2 is 1.91 bits per heavy atom. The minimum Gasteiger partial charge on any atom is -0.496 e. The first kappa shape index (κ1) is 23.1. The van der Waals surface area contributed by atoms with E-state index in [1.165, 1.54) is 0 Å². The van der Waals surface area contributed by atoms with E-state index in [1.54, 1.807) is 24.1 Å². The second-order valence-corrected chi connectivity index (χ2v) is 9.63. The molecule has 1 aliphatic heterocycles. The molecular weight excluding hydrogens is 418 g/mol. The molecule has 0 spiro atoms. The molecule has 4 rings (SSSR count). The fourth-order valence-electron chi connectivity index (χ4n) is 4.96. The molecule has 7 heteroatoms. The van der Waals surface area contributed by atoms with Crippen LogP contribution in [0.1, 0.15) is 65.8 Å². The summed E-state index contributed by atoms with van der Waals surface area (Å²) in [7, 11) is 1.61. The van der Waals surface area contributed by atoms with Gasteiger partial charge in [0, 0.05) is 37.1 Å². The maximum Gasteiger partial charge on any atom is 0.259 e. The molecule has 2 amide bonds. The lowest BCUT2D eigenvalue weighted by Crippen LogP contribution is -2.41. The summed E-state index contributed by atoms with van der Waals surface area (Å²) in [6, 6.07) is 7.80. The second-order valence-electron chi connectivity index (χ2n) is 9.63. The summed E-state index contributed by atoms with van der Waals surface area (Å²) in [6.45, 7) is 5.71. The predicted molar refractivity (Wildman–Crippen MR) is 127 cm³/mol. The lowest BCUT2D eigenvalue weighted by atomic mass is 10.1. The van der Waals surface area contributed by atoms with Crippen molar-refractivity contribution in [3.05, 3.63) is 63.6 Å². The standard InChI is InChI=1S/C26H33N3O4/c1-17(2)10-11-27-25(31)21-15-28(14-19-6-4-5-7-23(19)33-3)16-22(24(21)30)26(32)29-13-18-8-9-20(29)12-18/h4-7,15-18,20H,8-14H2,1-3H3,(H,27,31). The van der Waals surface area contributed by atoms with Crippen LogP contribution in [0, 0.1) is 11.8 Å². The number of benzene rings is 1. The molecule has 2 unspecified atom stereocenters. The maximum absolute atomic E-state index is 13.4. The van der Waals surface area contributed by atoms with E-state index in [2.05, 4.69) is 19.2 Å². The van der Waals surface area contributed by atoms with Crippen LogP contribution in [0.25, 0.3) is 0 Å². The summed E-state index contributed by atoms with van der Waals surface area (Å²) in [5.41, 5.74) is 0.465. The summed E-state index contributed by atoms with van der Waals surface area (Å²) in [5, 5.41) is 2.85. The molecule has 1 N–H and O–H groups in total. The molecule has 2 fully saturated rings. The van der Waals surface area contributed by atoms with Crippen molar-refractivity contribution < 1.29 is 14.3 Å². The lowest BCUT2D eigenvalue weighted by molar-refractivity contribution is 0.0701. The van der Waals surface area contributed by atoms with Gasteiger partial charge in [-0.05, 0) is 43.6 Å². The molecule has 1 saturated heterocycles. The van der Waals surface area contributed by atoms with E-state index in [1.807, 2.05) is 29.2 Å². The Morgan fingerprint density at radius 3 is 2.58 bits per heavy atom. The van der Waals surface area contributed by atoms with Crippen molar-refractivity contribution >= 4 is 11.8 Å². The average Bonchev–Trinajstić information content (AvgIpc) is 3.43. The van der Waals surface area contributed by atoms with Crippen LogP contribution >= 0.6 is 0 Å². The van der Waals surface area contributed by atoms with Crippen LogP contribution in [0.4, 0.5) is 0 Å². The van der Waals surface area contributed by atoms with Crippen LogP contribution < -0.4 is 15.5 Å². The van der Waals surface area contributed by atoms with Crippen molar-refractivity contribution in [3.8, 4) is 5.75 Å². The van der Waals surface area contributed by atoms with Crippen molar-refractivity contribution in [1.82, 2.24) is 14.8 Å². The van der Waals surface area contributed by atoms with E-state index < -0.39 is 11.3 Å². The van der Waals surface area contributed by atoms with Crippen LogP contribution in [0.15, 0.2) is 41.5 Å². The van der Waals surface area contributed by atoms with Crippen LogP contribution in [0.3, 0.4) is 0 Å². The zero-order chi connectivity index (χ0) is 23.5. The monoisotopic (exact) mass is 451 g/mol. The van der Waals surface area contributed by atoms with E-state index in [-0.39, 0.29) is 23.1 Å². The molecule has 33 heavy (non-hydrogen) atoms. The van der Waals surface area contributed by atoms with E-state index >= 15 is 0 Å². The van der Waals surface area contributed by atoms with Gasteiger partial charge in [-0.1, -0.05) is 32.0 Å². The number of carbonyl (C=O) groups is 2. The number of para-hydroxylation sites is 1. The van der Waals surface area contributed by atoms with Crippen molar-refractivity contribution in [1.29, 1.82) is 0 Å². The number of nitrogens with zero attached hydrogens (tertiary/aromatic N) is 2. The number of likely N-dealkylation sites (tertiary alicyclic amines) is 1. The van der Waals surface area contributed by atoms with E-state index in [0.29, 0.717) is 37.2 Å². The molecular formula is C26H33N3O4. The number of hydrogen-bond donors (Lipinski definition) is 1. The van der Waals surface area contributed by atoms with E-state index in [4.69, 9.17) is 4.74 Å². The third-order valence-electron chi connectivity index (χ3n) is 6.78. The number of aromatic nitrogens is 1. The van der Waals surface area contributed by atoms with Gasteiger partial charge in [0.05, 0.1) is 13.7 Å². The van der Waals surface area contributed by atoms with Gasteiger partial charge in [0.1, 0.15) is 16.9 Å². The van der Waals surface area contributed by atoms with Gasteiger partial charge in [-0.2, -0.15) is 0 Å². The van der Waals surface area contributed by atoms with Gasteiger partial charge in [-0.25, -0.2) is 0 Å². The van der Waals surface area contributed by atoms with Crippen LogP contribution in [-0.2, 0) is 6.54 Å². The van der Waals surface area contributed by atoms with Gasteiger partial charge in [0.2, 0.25) is 5.43 Å². The maximum atomic E-state index is 13.4. The first-order chi connectivity index (χ1) is 15.9. The molecule has 1 saturated carbocycles. The largest absolute Gasteiger partial charge is 0.496 e. The van der Waals surface area contributed by atoms with Crippen molar-refractivity contribution in [2.24, 2.45) is 11.8 Å². The molecule has 2 aromatic rings. The number of carbonyl (C=O) groups excluding carboxylic acids is 2. The minimum absolute atomic E-state index is 0.00357. The van der Waals surface area contributed by atoms with Crippen molar-refractivity contribution in [3.63, 3.8) is 0 Å². The zero-order valence-electron chi connectivity index (χ0n) is 19.7. The van der Waals surface area contributed by atoms with Crippen molar-refractivity contribution in [2.45, 2.75) is 52.1 Å². The zero-order valence-corrected chi connectivity index (χ0v) is 19.7. The van der Waals surface area contributed by atoms with Gasteiger partial charge in [-0.15, -0.1) is 0 Å². The van der Waals surface area contributed by atoms with Crippen LogP contribution in [0.2, 0.25) is 0 Å². The number of ether oxygens (including phenoxy) is 1. The number of rotatable bonds is 8. The van der Waals surface area contributed by atoms with Gasteiger partial charge in [0.15, 0.2) is 0 Å². The first-order valence-corrected chi connectivity index (χ1v) is 11.8. The first-order valence-electron chi connectivity index (χ1n) is 11.8. The number of fused-ring (bicyclic) bond motifs is 2. The van der Waals surface area contributed by atoms with Crippen molar-refractivity contribution in [2.75, 3.05) is 20.2 Å². The number of pyridine rings is 1. The van der Waals surface area contributed by atoms with Crippen LogP contribution in [-0.4, -0.2) is 47.5 Å². The number of methoxy groups -OCH3 is 1. The van der Waals surface area contributed by atoms with Crippen LogP contribution in [0.5, 0.6) is 5.75 Å². The third kappa shape index (κ3) is 4.97. The Bertz CT molecular complexity index is 1090. The molecule has 1 aliphatic carbocycles. The highest BCUT2D eigenvalue weighted by Gasteiger charge is 2.41. The SMILES string of the molecule is COc1ccccc1Cn1cc(C(=O)NCCC(C)C)c(=O)c(C(=O)N2CC3CCC2C3)c1. The molecule has 1 aromatic carbocycles. The second kappa shape index (κ2) is 9.81. The minimum atomic E-state index is -0.499. The number of nitrogens with one attached hydrogen (secondary N) is 1. The summed E-state index contributed by atoms with van der Waals surface area (Å²) in [6.07, 6.45) is 7.10. The molecule has 1 aromatic heterocycles. The highest BCUT2D eigenvalue weighted by atomic mass is 16.5. The summed E-state index contributed by atoms with van der Waals surface area (Å²) in [4.78, 5) is 41.5. The average molecular weight is 452 g/mol. The number of amides is 2. The summed E-state index contributed by atoms with van der Waals surface area (Å²) < 4.78 is 7.21. The molecule has 2 bridgehead atoms. The Kier molecular flexibility index (Phi) is 6.86. The normalized spacial score (nSPS) is 19.2. The molecule has 7 nitrogen and oxygen atoms in total. The molecule has 2 atom stereocenters. The number of hydrogen-bond acceptors (Lipinski definition) is 4. The van der Waals surface area contributed by atoms with Gasteiger partial charge < -0.3 is 19.5 Å². The highest BCUT2D eigenvalue weighted by molar-refractivity contribution is 5.99. The number of piperidine rings is 1. The Morgan fingerprint density at radius 1 is 1.15 bits per heavy atom. The Labute approximate surface area is 194 Å². The topological polar surface area (TPSA) is 80.6 Å². The summed E-state index contributed by atoms with van der Waals surface area (Å²) >= 11 is 0. The fourth-order valence-corrected chi connectivity index (χ4v) is 4.96. The molecule has 2 aliphatic rings. The highest BCUT2D eigenvalue weighted by Crippen LogP contribution is 2.37. The van der Waals surface area contributed by atoms with E-state index in [9.17, 15) is 14.4 Å². The molecule has 2 heterocycles. The smallest absolute Gasteiger partial charge is 0.259 e. The Balaban J connectivity index is 1.68. The Hall–Kier alpha value is -3.09. The predicted octanol–water partition coefficient (Wildman–Crippen LogP) is 3.31. The van der Waals surface area contributed by atoms with Gasteiger partial charge in [0.25, 0.3) is 11.8 Å². The lowest BCUT2D eigenvalue weighted by Gasteiger charge is -2.27. The summed E-state index contributed by atoms with van der Waals surface area (Å²) in [5.74, 6) is 0.969. The van der Waals surface area contributed by atoms with E-state index in [0.717, 1.165) is 31.2 Å². The quantitative estimate of drug-likeness (QED) is 0.668. The fraction of sp³-hybridized carbons (Fsp3) is 0.500. The molecule has 176 valence electrons.